The smallest absolute Gasteiger partial charge is 0.195 e. The molecule has 0 amide bonds. The molecule has 0 aliphatic heterocycles. The van der Waals surface area contributed by atoms with Crippen LogP contribution in [0, 0.1) is 5.92 Å². The molecule has 2 N–H and O–H groups in total. The molecule has 1 aliphatic carbocycles. The quantitative estimate of drug-likeness (QED) is 0.382. The van der Waals surface area contributed by atoms with Gasteiger partial charge in [-0.15, -0.1) is 24.0 Å². The van der Waals surface area contributed by atoms with E-state index in [-0.39, 0.29) is 24.0 Å². The Morgan fingerprint density at radius 1 is 1.08 bits per heavy atom. The Morgan fingerprint density at radius 3 is 2.46 bits per heavy atom. The summed E-state index contributed by atoms with van der Waals surface area (Å²) in [5.74, 6) is 3.47. The highest BCUT2D eigenvalue weighted by Gasteiger charge is 2.37. The van der Waals surface area contributed by atoms with E-state index in [0.717, 1.165) is 18.2 Å². The second-order valence-corrected chi connectivity index (χ2v) is 6.16. The van der Waals surface area contributed by atoms with Crippen LogP contribution in [0.4, 0.5) is 5.69 Å². The van der Waals surface area contributed by atoms with E-state index in [1.54, 1.807) is 21.3 Å². The summed E-state index contributed by atoms with van der Waals surface area (Å²) in [6, 6.07) is 16.4. The number of guanidine groups is 1. The van der Waals surface area contributed by atoms with Gasteiger partial charge in [0.1, 0.15) is 0 Å². The Balaban J connectivity index is 0.00000243. The van der Waals surface area contributed by atoms with Gasteiger partial charge in [-0.2, -0.15) is 0 Å². The fraction of sp³-hybridized carbons (Fsp3) is 0.350. The molecule has 3 rings (SSSR count). The van der Waals surface area contributed by atoms with Crippen LogP contribution in [0.25, 0.3) is 0 Å². The van der Waals surface area contributed by atoms with Gasteiger partial charge in [-0.1, -0.05) is 30.3 Å². The lowest BCUT2D eigenvalue weighted by molar-refractivity contribution is 0.355. The predicted molar refractivity (Wildman–Crippen MR) is 117 cm³/mol. The molecule has 6 heteroatoms. The first-order valence-electron chi connectivity index (χ1n) is 8.49. The SMILES string of the molecule is CN=C(NCC1CC1c1ccccc1)Nc1ccc(OC)c(OC)c1.I. The largest absolute Gasteiger partial charge is 0.493 e. The molecule has 0 saturated heterocycles. The van der Waals surface area contributed by atoms with Gasteiger partial charge in [0.2, 0.25) is 0 Å². The van der Waals surface area contributed by atoms with E-state index >= 15 is 0 Å². The van der Waals surface area contributed by atoms with Gasteiger partial charge >= 0.3 is 0 Å². The Bertz CT molecular complexity index is 737. The second-order valence-electron chi connectivity index (χ2n) is 6.16. The van der Waals surface area contributed by atoms with Gasteiger partial charge in [0.15, 0.2) is 17.5 Å². The zero-order valence-corrected chi connectivity index (χ0v) is 17.7. The van der Waals surface area contributed by atoms with Gasteiger partial charge in [0, 0.05) is 25.3 Å². The first-order chi connectivity index (χ1) is 12.2. The van der Waals surface area contributed by atoms with Crippen molar-refractivity contribution in [1.29, 1.82) is 0 Å². The third-order valence-electron chi connectivity index (χ3n) is 4.55. The molecule has 2 unspecified atom stereocenters. The number of aliphatic imine (C=N–C) groups is 1. The van der Waals surface area contributed by atoms with Crippen molar-refractivity contribution in [2.45, 2.75) is 12.3 Å². The number of halogens is 1. The van der Waals surface area contributed by atoms with E-state index in [1.165, 1.54) is 12.0 Å². The fourth-order valence-corrected chi connectivity index (χ4v) is 3.04. The van der Waals surface area contributed by atoms with Crippen LogP contribution in [0.2, 0.25) is 0 Å². The number of hydrogen-bond acceptors (Lipinski definition) is 3. The summed E-state index contributed by atoms with van der Waals surface area (Å²) >= 11 is 0. The number of nitrogens with zero attached hydrogens (tertiary/aromatic N) is 1. The molecule has 0 spiro atoms. The number of ether oxygens (including phenoxy) is 2. The molecular weight excluding hydrogens is 441 g/mol. The van der Waals surface area contributed by atoms with Crippen LogP contribution < -0.4 is 20.1 Å². The van der Waals surface area contributed by atoms with Crippen LogP contribution in [0.1, 0.15) is 17.9 Å². The van der Waals surface area contributed by atoms with Crippen molar-refractivity contribution < 1.29 is 9.47 Å². The van der Waals surface area contributed by atoms with Crippen molar-refractivity contribution >= 4 is 35.6 Å². The average Bonchev–Trinajstić information content (AvgIpc) is 3.45. The monoisotopic (exact) mass is 467 g/mol. The average molecular weight is 467 g/mol. The van der Waals surface area contributed by atoms with Crippen molar-refractivity contribution in [3.63, 3.8) is 0 Å². The summed E-state index contributed by atoms with van der Waals surface area (Å²) in [5.41, 5.74) is 2.33. The van der Waals surface area contributed by atoms with Crippen molar-refractivity contribution in [2.24, 2.45) is 10.9 Å². The Morgan fingerprint density at radius 2 is 1.81 bits per heavy atom. The van der Waals surface area contributed by atoms with Crippen LogP contribution in [-0.2, 0) is 0 Å². The topological polar surface area (TPSA) is 54.9 Å². The van der Waals surface area contributed by atoms with Crippen LogP contribution in [-0.4, -0.2) is 33.8 Å². The molecule has 5 nitrogen and oxygen atoms in total. The molecule has 2 aromatic carbocycles. The Hall–Kier alpha value is -1.96. The lowest BCUT2D eigenvalue weighted by Gasteiger charge is -2.14. The molecule has 1 saturated carbocycles. The first kappa shape index (κ1) is 20.4. The van der Waals surface area contributed by atoms with Crippen molar-refractivity contribution in [3.05, 3.63) is 54.1 Å². The lowest BCUT2D eigenvalue weighted by Crippen LogP contribution is -2.32. The third kappa shape index (κ3) is 5.03. The number of methoxy groups -OCH3 is 2. The molecule has 2 atom stereocenters. The molecule has 0 bridgehead atoms. The zero-order chi connectivity index (χ0) is 17.6. The summed E-state index contributed by atoms with van der Waals surface area (Å²) < 4.78 is 10.6. The van der Waals surface area contributed by atoms with E-state index in [2.05, 4.69) is 46.0 Å². The molecular formula is C20H26IN3O2. The fourth-order valence-electron chi connectivity index (χ4n) is 3.04. The summed E-state index contributed by atoms with van der Waals surface area (Å²) in [7, 11) is 5.04. The maximum atomic E-state index is 5.34. The van der Waals surface area contributed by atoms with Gasteiger partial charge in [0.05, 0.1) is 14.2 Å². The molecule has 0 radical (unpaired) electrons. The summed E-state index contributed by atoms with van der Waals surface area (Å²) in [6.45, 7) is 0.909. The van der Waals surface area contributed by atoms with Gasteiger partial charge in [-0.05, 0) is 36.0 Å². The van der Waals surface area contributed by atoms with E-state index in [9.17, 15) is 0 Å². The van der Waals surface area contributed by atoms with Crippen LogP contribution in [0.5, 0.6) is 11.5 Å². The highest BCUT2D eigenvalue weighted by molar-refractivity contribution is 14.0. The molecule has 0 heterocycles. The molecule has 0 aromatic heterocycles. The standard InChI is InChI=1S/C20H25N3O2.HI/c1-21-20(23-16-9-10-18(24-2)19(12-16)25-3)22-13-15-11-17(15)14-7-5-4-6-8-14;/h4-10,12,15,17H,11,13H2,1-3H3,(H2,21,22,23);1H. The summed E-state index contributed by atoms with van der Waals surface area (Å²) in [6.07, 6.45) is 1.23. The zero-order valence-electron chi connectivity index (χ0n) is 15.4. The lowest BCUT2D eigenvalue weighted by atomic mass is 10.1. The van der Waals surface area contributed by atoms with E-state index < -0.39 is 0 Å². The summed E-state index contributed by atoms with van der Waals surface area (Å²) in [4.78, 5) is 4.30. The maximum Gasteiger partial charge on any atom is 0.195 e. The number of nitrogens with one attached hydrogen (secondary N) is 2. The van der Waals surface area contributed by atoms with Gasteiger partial charge in [-0.25, -0.2) is 0 Å². The Labute approximate surface area is 172 Å². The molecule has 1 fully saturated rings. The predicted octanol–water partition coefficient (Wildman–Crippen LogP) is 4.11. The summed E-state index contributed by atoms with van der Waals surface area (Å²) in [5, 5.41) is 6.71. The van der Waals surface area contributed by atoms with Crippen molar-refractivity contribution in [3.8, 4) is 11.5 Å². The van der Waals surface area contributed by atoms with E-state index in [4.69, 9.17) is 9.47 Å². The van der Waals surface area contributed by atoms with Crippen molar-refractivity contribution in [1.82, 2.24) is 5.32 Å². The highest BCUT2D eigenvalue weighted by Crippen LogP contribution is 2.46. The van der Waals surface area contributed by atoms with Gasteiger partial charge in [0.25, 0.3) is 0 Å². The van der Waals surface area contributed by atoms with Gasteiger partial charge in [-0.3, -0.25) is 4.99 Å². The molecule has 26 heavy (non-hydrogen) atoms. The van der Waals surface area contributed by atoms with Crippen LogP contribution >= 0.6 is 24.0 Å². The van der Waals surface area contributed by atoms with Crippen molar-refractivity contribution in [2.75, 3.05) is 33.1 Å². The number of rotatable bonds is 6. The first-order valence-corrected chi connectivity index (χ1v) is 8.49. The third-order valence-corrected chi connectivity index (χ3v) is 4.55. The van der Waals surface area contributed by atoms with Crippen LogP contribution in [0.3, 0.4) is 0 Å². The van der Waals surface area contributed by atoms with Gasteiger partial charge < -0.3 is 20.1 Å². The number of hydrogen-bond donors (Lipinski definition) is 2. The number of benzene rings is 2. The van der Waals surface area contributed by atoms with E-state index in [1.807, 2.05) is 18.2 Å². The minimum Gasteiger partial charge on any atom is -0.493 e. The number of anilines is 1. The molecule has 140 valence electrons. The minimum atomic E-state index is 0. The van der Waals surface area contributed by atoms with Crippen LogP contribution in [0.15, 0.2) is 53.5 Å². The Kier molecular flexibility index (Phi) is 7.56. The second kappa shape index (κ2) is 9.66. The van der Waals surface area contributed by atoms with E-state index in [0.29, 0.717) is 23.3 Å². The maximum absolute atomic E-state index is 5.34. The minimum absolute atomic E-state index is 0. The highest BCUT2D eigenvalue weighted by atomic mass is 127. The molecule has 2 aromatic rings. The normalized spacial score (nSPS) is 18.5. The molecule has 1 aliphatic rings.